The van der Waals surface area contributed by atoms with E-state index in [0.29, 0.717) is 23.2 Å². The Morgan fingerprint density at radius 3 is 2.34 bits per heavy atom. The summed E-state index contributed by atoms with van der Waals surface area (Å²) in [5.41, 5.74) is 3.00. The Morgan fingerprint density at radius 2 is 1.78 bits per heavy atom. The highest BCUT2D eigenvalue weighted by molar-refractivity contribution is 6.00. The fourth-order valence-corrected chi connectivity index (χ4v) is 4.05. The zero-order valence-electron chi connectivity index (χ0n) is 19.7. The van der Waals surface area contributed by atoms with Gasteiger partial charge >= 0.3 is 11.6 Å². The van der Waals surface area contributed by atoms with E-state index in [1.807, 2.05) is 19.9 Å². The van der Waals surface area contributed by atoms with E-state index in [9.17, 15) is 19.5 Å². The lowest BCUT2D eigenvalue weighted by Crippen LogP contribution is -2.45. The molecular weight excluding hydrogens is 410 g/mol. The molecule has 172 valence electrons. The molecule has 0 fully saturated rings. The summed E-state index contributed by atoms with van der Waals surface area (Å²) >= 11 is 0. The van der Waals surface area contributed by atoms with E-state index in [0.717, 1.165) is 21.9 Å². The summed E-state index contributed by atoms with van der Waals surface area (Å²) in [6.07, 6.45) is 2.09. The predicted octanol–water partition coefficient (Wildman–Crippen LogP) is 4.61. The molecule has 3 aromatic rings. The van der Waals surface area contributed by atoms with E-state index in [4.69, 9.17) is 8.83 Å². The van der Waals surface area contributed by atoms with Crippen molar-refractivity contribution in [2.45, 2.75) is 72.8 Å². The first kappa shape index (κ1) is 23.6. The van der Waals surface area contributed by atoms with Crippen LogP contribution in [0.15, 0.2) is 26.0 Å². The summed E-state index contributed by atoms with van der Waals surface area (Å²) in [5.74, 6) is -1.86. The van der Waals surface area contributed by atoms with Gasteiger partial charge < -0.3 is 19.3 Å². The lowest BCUT2D eigenvalue weighted by atomic mass is 9.86. The second kappa shape index (κ2) is 8.45. The molecule has 7 heteroatoms. The third-order valence-electron chi connectivity index (χ3n) is 6.28. The minimum Gasteiger partial charge on any atom is -0.480 e. The number of carboxylic acid groups (broad SMARTS) is 1. The van der Waals surface area contributed by atoms with Crippen LogP contribution in [0.5, 0.6) is 0 Å². The van der Waals surface area contributed by atoms with Crippen molar-refractivity contribution in [2.75, 3.05) is 0 Å². The SMILES string of the molecule is CC[C@H](C)[C@@H](NC(=O)Cc1c(C)c2cc3c(C(C)(C)C)coc3c(C)c2oc1=O)C(=O)O. The van der Waals surface area contributed by atoms with Gasteiger partial charge in [-0.05, 0) is 36.8 Å². The first-order valence-electron chi connectivity index (χ1n) is 10.9. The molecular formula is C25H31NO6. The molecule has 0 saturated carbocycles. The van der Waals surface area contributed by atoms with Crippen molar-refractivity contribution in [1.29, 1.82) is 0 Å². The second-order valence-corrected chi connectivity index (χ2v) is 9.59. The molecule has 0 radical (unpaired) electrons. The first-order valence-corrected chi connectivity index (χ1v) is 10.9. The zero-order chi connectivity index (χ0) is 24.0. The topological polar surface area (TPSA) is 110 Å². The molecule has 2 aromatic heterocycles. The molecule has 2 atom stereocenters. The number of benzene rings is 1. The van der Waals surface area contributed by atoms with Crippen molar-refractivity contribution in [3.05, 3.63) is 45.0 Å². The molecule has 1 aromatic carbocycles. The molecule has 32 heavy (non-hydrogen) atoms. The molecule has 0 unspecified atom stereocenters. The number of aryl methyl sites for hydroxylation is 2. The monoisotopic (exact) mass is 441 g/mol. The third kappa shape index (κ3) is 4.16. The van der Waals surface area contributed by atoms with Gasteiger partial charge in [0.1, 0.15) is 17.2 Å². The highest BCUT2D eigenvalue weighted by atomic mass is 16.4. The first-order chi connectivity index (χ1) is 14.9. The fourth-order valence-electron chi connectivity index (χ4n) is 4.05. The van der Waals surface area contributed by atoms with Crippen molar-refractivity contribution in [3.8, 4) is 0 Å². The number of fused-ring (bicyclic) bond motifs is 2. The van der Waals surface area contributed by atoms with Crippen molar-refractivity contribution in [3.63, 3.8) is 0 Å². The lowest BCUT2D eigenvalue weighted by molar-refractivity contribution is -0.143. The van der Waals surface area contributed by atoms with Crippen LogP contribution in [-0.2, 0) is 21.4 Å². The molecule has 3 rings (SSSR count). The van der Waals surface area contributed by atoms with E-state index < -0.39 is 23.5 Å². The van der Waals surface area contributed by atoms with Crippen molar-refractivity contribution in [1.82, 2.24) is 5.32 Å². The fraction of sp³-hybridized carbons (Fsp3) is 0.480. The summed E-state index contributed by atoms with van der Waals surface area (Å²) in [6.45, 7) is 13.6. The summed E-state index contributed by atoms with van der Waals surface area (Å²) in [7, 11) is 0. The molecule has 0 aliphatic carbocycles. The van der Waals surface area contributed by atoms with E-state index in [2.05, 4.69) is 26.1 Å². The number of carboxylic acids is 1. The number of amides is 1. The zero-order valence-corrected chi connectivity index (χ0v) is 19.7. The Labute approximate surface area is 186 Å². The molecule has 2 N–H and O–H groups in total. The summed E-state index contributed by atoms with van der Waals surface area (Å²) in [5, 5.41) is 13.7. The average Bonchev–Trinajstić information content (AvgIpc) is 3.14. The van der Waals surface area contributed by atoms with Crippen LogP contribution in [0.2, 0.25) is 0 Å². The Kier molecular flexibility index (Phi) is 6.22. The van der Waals surface area contributed by atoms with Crippen LogP contribution in [0.4, 0.5) is 0 Å². The van der Waals surface area contributed by atoms with Crippen LogP contribution in [0.1, 0.15) is 63.3 Å². The number of carbonyl (C=O) groups is 2. The molecule has 0 aliphatic rings. The van der Waals surface area contributed by atoms with Gasteiger partial charge in [-0.25, -0.2) is 9.59 Å². The quantitative estimate of drug-likeness (QED) is 0.541. The van der Waals surface area contributed by atoms with Gasteiger partial charge in [0.15, 0.2) is 0 Å². The second-order valence-electron chi connectivity index (χ2n) is 9.59. The van der Waals surface area contributed by atoms with Gasteiger partial charge in [-0.15, -0.1) is 0 Å². The van der Waals surface area contributed by atoms with Crippen LogP contribution in [-0.4, -0.2) is 23.0 Å². The number of nitrogens with one attached hydrogen (secondary N) is 1. The highest BCUT2D eigenvalue weighted by Gasteiger charge is 2.27. The molecule has 1 amide bonds. The summed E-state index contributed by atoms with van der Waals surface area (Å²) in [4.78, 5) is 36.9. The normalized spacial score (nSPS) is 14.0. The van der Waals surface area contributed by atoms with Crippen molar-refractivity contribution in [2.24, 2.45) is 5.92 Å². The van der Waals surface area contributed by atoms with E-state index in [1.165, 1.54) is 0 Å². The largest absolute Gasteiger partial charge is 0.480 e. The number of carbonyl (C=O) groups excluding carboxylic acids is 1. The molecule has 0 saturated heterocycles. The Bertz CT molecular complexity index is 1260. The maximum absolute atomic E-state index is 12.8. The Balaban J connectivity index is 2.09. The predicted molar refractivity (Wildman–Crippen MR) is 123 cm³/mol. The van der Waals surface area contributed by atoms with Gasteiger partial charge in [-0.2, -0.15) is 0 Å². The van der Waals surface area contributed by atoms with Gasteiger partial charge in [-0.3, -0.25) is 4.79 Å². The molecule has 0 bridgehead atoms. The van der Waals surface area contributed by atoms with Crippen LogP contribution >= 0.6 is 0 Å². The van der Waals surface area contributed by atoms with Crippen LogP contribution in [0.25, 0.3) is 21.9 Å². The maximum Gasteiger partial charge on any atom is 0.340 e. The maximum atomic E-state index is 12.8. The van der Waals surface area contributed by atoms with Crippen LogP contribution in [0.3, 0.4) is 0 Å². The number of furan rings is 1. The minimum atomic E-state index is -1.09. The van der Waals surface area contributed by atoms with Crippen LogP contribution in [0, 0.1) is 19.8 Å². The highest BCUT2D eigenvalue weighted by Crippen LogP contribution is 2.37. The van der Waals surface area contributed by atoms with Gasteiger partial charge in [0.25, 0.3) is 0 Å². The molecule has 0 spiro atoms. The lowest BCUT2D eigenvalue weighted by Gasteiger charge is -2.20. The average molecular weight is 442 g/mol. The van der Waals surface area contributed by atoms with E-state index in [-0.39, 0.29) is 23.3 Å². The molecule has 2 heterocycles. The standard InChI is InChI=1S/C25H31NO6/c1-8-12(2)20(23(28)29)26-19(27)10-16-13(3)15-9-17-18(25(5,6)7)11-31-21(17)14(4)22(15)32-24(16)30/h9,11-12,20H,8,10H2,1-7H3,(H,26,27)(H,28,29)/t12-,20+/m0/s1. The van der Waals surface area contributed by atoms with Gasteiger partial charge in [-0.1, -0.05) is 41.0 Å². The number of hydrogen-bond donors (Lipinski definition) is 2. The van der Waals surface area contributed by atoms with Gasteiger partial charge in [0, 0.05) is 21.9 Å². The van der Waals surface area contributed by atoms with Gasteiger partial charge in [0.2, 0.25) is 5.91 Å². The van der Waals surface area contributed by atoms with Crippen molar-refractivity contribution < 1.29 is 23.5 Å². The summed E-state index contributed by atoms with van der Waals surface area (Å²) in [6, 6.07) is 0.933. The molecule has 7 nitrogen and oxygen atoms in total. The smallest absolute Gasteiger partial charge is 0.340 e. The summed E-state index contributed by atoms with van der Waals surface area (Å²) < 4.78 is 11.4. The van der Waals surface area contributed by atoms with Gasteiger partial charge in [0.05, 0.1) is 18.2 Å². The molecule has 0 aliphatic heterocycles. The van der Waals surface area contributed by atoms with Crippen molar-refractivity contribution >= 4 is 33.8 Å². The van der Waals surface area contributed by atoms with Crippen LogP contribution < -0.4 is 10.9 Å². The Morgan fingerprint density at radius 1 is 1.12 bits per heavy atom. The van der Waals surface area contributed by atoms with E-state index in [1.54, 1.807) is 20.1 Å². The third-order valence-corrected chi connectivity index (χ3v) is 6.28. The Hall–Kier alpha value is -3.09. The number of aliphatic carboxylic acids is 1. The minimum absolute atomic E-state index is 0.139. The van der Waals surface area contributed by atoms with E-state index >= 15 is 0 Å². The number of hydrogen-bond acceptors (Lipinski definition) is 5. The number of rotatable bonds is 6.